The van der Waals surface area contributed by atoms with Gasteiger partial charge in [0.25, 0.3) is 0 Å². The lowest BCUT2D eigenvalue weighted by Crippen LogP contribution is -2.18. The van der Waals surface area contributed by atoms with Crippen LogP contribution >= 0.6 is 15.9 Å². The van der Waals surface area contributed by atoms with Crippen molar-refractivity contribution in [3.8, 4) is 0 Å². The number of rotatable bonds is 3. The maximum Gasteiger partial charge on any atom is 0.139 e. The first-order valence-corrected chi connectivity index (χ1v) is 6.47. The zero-order valence-corrected chi connectivity index (χ0v) is 11.9. The van der Waals surface area contributed by atoms with Gasteiger partial charge in [-0.15, -0.1) is 0 Å². The smallest absolute Gasteiger partial charge is 0.139 e. The van der Waals surface area contributed by atoms with Crippen molar-refractivity contribution < 1.29 is 8.78 Å². The monoisotopic (exact) mass is 326 g/mol. The molecule has 0 amide bonds. The highest BCUT2D eigenvalue weighted by molar-refractivity contribution is 9.10. The molecule has 0 saturated carbocycles. The fraction of sp³-hybridized carbons (Fsp3) is 0.143. The van der Waals surface area contributed by atoms with Crippen molar-refractivity contribution in [2.24, 2.45) is 0 Å². The van der Waals surface area contributed by atoms with Crippen molar-refractivity contribution in [3.63, 3.8) is 0 Å². The molecule has 2 N–H and O–H groups in total. The van der Waals surface area contributed by atoms with Crippen molar-refractivity contribution in [2.75, 3.05) is 17.7 Å². The molecular formula is C14H13BrF2N2. The highest BCUT2D eigenvalue weighted by atomic mass is 79.9. The fourth-order valence-corrected chi connectivity index (χ4v) is 2.21. The summed E-state index contributed by atoms with van der Waals surface area (Å²) in [5.74, 6) is -0.685. The molecule has 19 heavy (non-hydrogen) atoms. The highest BCUT2D eigenvalue weighted by Crippen LogP contribution is 2.29. The van der Waals surface area contributed by atoms with Crippen LogP contribution in [0.15, 0.2) is 40.9 Å². The van der Waals surface area contributed by atoms with Crippen molar-refractivity contribution in [2.45, 2.75) is 6.54 Å². The first kappa shape index (κ1) is 13.8. The second-order valence-electron chi connectivity index (χ2n) is 4.27. The van der Waals surface area contributed by atoms with Gasteiger partial charge in [0.1, 0.15) is 11.6 Å². The molecule has 0 saturated heterocycles. The van der Waals surface area contributed by atoms with Crippen molar-refractivity contribution in [3.05, 3.63) is 58.1 Å². The van der Waals surface area contributed by atoms with E-state index >= 15 is 0 Å². The summed E-state index contributed by atoms with van der Waals surface area (Å²) in [5, 5.41) is 0. The van der Waals surface area contributed by atoms with Gasteiger partial charge >= 0.3 is 0 Å². The molecule has 0 aliphatic carbocycles. The number of benzene rings is 2. The third kappa shape index (κ3) is 3.04. The lowest BCUT2D eigenvalue weighted by Gasteiger charge is -2.22. The Morgan fingerprint density at radius 1 is 1.16 bits per heavy atom. The van der Waals surface area contributed by atoms with Gasteiger partial charge in [0.05, 0.1) is 15.8 Å². The summed E-state index contributed by atoms with van der Waals surface area (Å²) in [7, 11) is 1.74. The largest absolute Gasteiger partial charge is 0.397 e. The molecule has 100 valence electrons. The van der Waals surface area contributed by atoms with Crippen LogP contribution in [0.3, 0.4) is 0 Å². The first-order chi connectivity index (χ1) is 8.99. The Morgan fingerprint density at radius 3 is 2.53 bits per heavy atom. The molecule has 2 aromatic carbocycles. The van der Waals surface area contributed by atoms with Crippen LogP contribution in [-0.4, -0.2) is 7.05 Å². The molecule has 2 rings (SSSR count). The minimum atomic E-state index is -0.399. The average molecular weight is 327 g/mol. The summed E-state index contributed by atoms with van der Waals surface area (Å²) in [6, 6.07) is 9.32. The van der Waals surface area contributed by atoms with E-state index in [2.05, 4.69) is 15.9 Å². The van der Waals surface area contributed by atoms with Gasteiger partial charge in [0.15, 0.2) is 0 Å². The number of hydrogen-bond acceptors (Lipinski definition) is 2. The molecule has 0 unspecified atom stereocenters. The summed E-state index contributed by atoms with van der Waals surface area (Å²) in [5.41, 5.74) is 7.35. The maximum absolute atomic E-state index is 13.6. The van der Waals surface area contributed by atoms with Gasteiger partial charge < -0.3 is 10.6 Å². The van der Waals surface area contributed by atoms with Gasteiger partial charge in [-0.05, 0) is 28.1 Å². The molecule has 0 bridgehead atoms. The standard InChI is InChI=1S/C14H13BrF2N2/c1-19(8-9-4-2-3-5-11(9)16)14-7-12(17)10(15)6-13(14)18/h2-7H,8,18H2,1H3. The van der Waals surface area contributed by atoms with Crippen LogP contribution in [0, 0.1) is 11.6 Å². The zero-order chi connectivity index (χ0) is 14.0. The summed E-state index contributed by atoms with van der Waals surface area (Å²) in [6.07, 6.45) is 0. The first-order valence-electron chi connectivity index (χ1n) is 5.68. The van der Waals surface area contributed by atoms with Crippen LogP contribution in [-0.2, 0) is 6.54 Å². The average Bonchev–Trinajstić information content (AvgIpc) is 2.36. The van der Waals surface area contributed by atoms with Crippen LogP contribution in [0.2, 0.25) is 0 Å². The van der Waals surface area contributed by atoms with E-state index in [0.29, 0.717) is 28.0 Å². The minimum Gasteiger partial charge on any atom is -0.397 e. The predicted molar refractivity (Wildman–Crippen MR) is 77.0 cm³/mol. The summed E-state index contributed by atoms with van der Waals surface area (Å²) < 4.78 is 27.4. The summed E-state index contributed by atoms with van der Waals surface area (Å²) >= 11 is 3.07. The van der Waals surface area contributed by atoms with Gasteiger partial charge in [-0.1, -0.05) is 18.2 Å². The van der Waals surface area contributed by atoms with E-state index in [9.17, 15) is 8.78 Å². The molecule has 0 heterocycles. The number of nitrogens with two attached hydrogens (primary N) is 1. The van der Waals surface area contributed by atoms with Gasteiger partial charge in [-0.3, -0.25) is 0 Å². The third-order valence-corrected chi connectivity index (χ3v) is 3.45. The normalized spacial score (nSPS) is 10.5. The van der Waals surface area contributed by atoms with E-state index in [1.54, 1.807) is 30.1 Å². The van der Waals surface area contributed by atoms with E-state index in [0.717, 1.165) is 0 Å². The highest BCUT2D eigenvalue weighted by Gasteiger charge is 2.12. The Balaban J connectivity index is 2.28. The second-order valence-corrected chi connectivity index (χ2v) is 5.13. The summed E-state index contributed by atoms with van der Waals surface area (Å²) in [4.78, 5) is 1.71. The van der Waals surface area contributed by atoms with Crippen LogP contribution in [0.5, 0.6) is 0 Å². The Labute approximate surface area is 119 Å². The third-order valence-electron chi connectivity index (χ3n) is 2.85. The van der Waals surface area contributed by atoms with E-state index < -0.39 is 5.82 Å². The molecule has 0 aliphatic rings. The van der Waals surface area contributed by atoms with Crippen LogP contribution in [0.25, 0.3) is 0 Å². The number of nitrogens with zero attached hydrogens (tertiary/aromatic N) is 1. The number of nitrogen functional groups attached to an aromatic ring is 1. The molecule has 0 aliphatic heterocycles. The number of anilines is 2. The molecule has 0 aromatic heterocycles. The predicted octanol–water partition coefficient (Wildman–Crippen LogP) is 3.95. The summed E-state index contributed by atoms with van der Waals surface area (Å²) in [6.45, 7) is 0.317. The zero-order valence-electron chi connectivity index (χ0n) is 10.3. The van der Waals surface area contributed by atoms with Gasteiger partial charge in [0, 0.05) is 25.2 Å². The molecule has 2 aromatic rings. The quantitative estimate of drug-likeness (QED) is 0.865. The van der Waals surface area contributed by atoms with Crippen LogP contribution < -0.4 is 10.6 Å². The lowest BCUT2D eigenvalue weighted by molar-refractivity contribution is 0.607. The van der Waals surface area contributed by atoms with Gasteiger partial charge in [-0.25, -0.2) is 8.78 Å². The topological polar surface area (TPSA) is 29.3 Å². The van der Waals surface area contributed by atoms with Crippen molar-refractivity contribution >= 4 is 27.3 Å². The van der Waals surface area contributed by atoms with Crippen LogP contribution in [0.1, 0.15) is 5.56 Å². The Morgan fingerprint density at radius 2 is 1.84 bits per heavy atom. The number of halogens is 3. The number of hydrogen-bond donors (Lipinski definition) is 1. The molecule has 2 nitrogen and oxygen atoms in total. The van der Waals surface area contributed by atoms with E-state index in [4.69, 9.17) is 5.73 Å². The van der Waals surface area contributed by atoms with E-state index in [1.807, 2.05) is 0 Å². The van der Waals surface area contributed by atoms with E-state index in [1.165, 1.54) is 18.2 Å². The van der Waals surface area contributed by atoms with E-state index in [-0.39, 0.29) is 5.82 Å². The Bertz CT molecular complexity index is 602. The van der Waals surface area contributed by atoms with Crippen LogP contribution in [0.4, 0.5) is 20.2 Å². The Kier molecular flexibility index (Phi) is 4.04. The van der Waals surface area contributed by atoms with Gasteiger partial charge in [0.2, 0.25) is 0 Å². The molecule has 0 fully saturated rings. The minimum absolute atomic E-state index is 0.287. The SMILES string of the molecule is CN(Cc1ccccc1F)c1cc(F)c(Br)cc1N. The lowest BCUT2D eigenvalue weighted by atomic mass is 10.2. The van der Waals surface area contributed by atoms with Gasteiger partial charge in [-0.2, -0.15) is 0 Å². The molecule has 5 heteroatoms. The second kappa shape index (κ2) is 5.57. The molecule has 0 radical (unpaired) electrons. The molecule has 0 spiro atoms. The van der Waals surface area contributed by atoms with Crippen molar-refractivity contribution in [1.82, 2.24) is 0 Å². The van der Waals surface area contributed by atoms with Crippen molar-refractivity contribution in [1.29, 1.82) is 0 Å². The maximum atomic E-state index is 13.6. The fourth-order valence-electron chi connectivity index (χ4n) is 1.85. The Hall–Kier alpha value is -1.62. The molecule has 0 atom stereocenters. The molecular weight excluding hydrogens is 314 g/mol.